The molecule has 18 heavy (non-hydrogen) atoms. The minimum Gasteiger partial charge on any atom is -0.377 e. The van der Waals surface area contributed by atoms with Crippen LogP contribution < -0.4 is 5.32 Å². The van der Waals surface area contributed by atoms with Gasteiger partial charge in [0.25, 0.3) is 0 Å². The first kappa shape index (κ1) is 12.2. The minimum absolute atomic E-state index is 0.444. The van der Waals surface area contributed by atoms with Crippen LogP contribution >= 0.6 is 0 Å². The van der Waals surface area contributed by atoms with Crippen molar-refractivity contribution >= 4 is 0 Å². The third-order valence-corrected chi connectivity index (χ3v) is 4.74. The smallest absolute Gasteiger partial charge is 0.0654 e. The molecule has 1 N–H and O–H groups in total. The second kappa shape index (κ2) is 5.41. The van der Waals surface area contributed by atoms with Gasteiger partial charge in [0.2, 0.25) is 0 Å². The van der Waals surface area contributed by atoms with Gasteiger partial charge in [-0.1, -0.05) is 30.3 Å². The highest BCUT2D eigenvalue weighted by Gasteiger charge is 2.43. The number of piperidine rings is 1. The highest BCUT2D eigenvalue weighted by atomic mass is 16.5. The lowest BCUT2D eigenvalue weighted by atomic mass is 9.68. The molecular weight excluding hydrogens is 222 g/mol. The van der Waals surface area contributed by atoms with Crippen LogP contribution in [0.5, 0.6) is 0 Å². The molecule has 0 bridgehead atoms. The van der Waals surface area contributed by atoms with Crippen molar-refractivity contribution in [1.29, 1.82) is 0 Å². The molecule has 0 amide bonds. The fourth-order valence-corrected chi connectivity index (χ4v) is 3.41. The van der Waals surface area contributed by atoms with E-state index in [0.29, 0.717) is 11.5 Å². The second-order valence-corrected chi connectivity index (χ2v) is 5.75. The second-order valence-electron chi connectivity index (χ2n) is 5.75. The summed E-state index contributed by atoms with van der Waals surface area (Å²) in [6, 6.07) is 10.9. The Hall–Kier alpha value is -0.860. The van der Waals surface area contributed by atoms with E-state index in [1.807, 2.05) is 0 Å². The van der Waals surface area contributed by atoms with Crippen LogP contribution in [0.3, 0.4) is 0 Å². The fourth-order valence-electron chi connectivity index (χ4n) is 3.41. The van der Waals surface area contributed by atoms with Gasteiger partial charge in [-0.2, -0.15) is 0 Å². The summed E-state index contributed by atoms with van der Waals surface area (Å²) in [5.74, 6) is 0. The third-order valence-electron chi connectivity index (χ3n) is 4.74. The van der Waals surface area contributed by atoms with Crippen LogP contribution in [-0.2, 0) is 11.2 Å². The van der Waals surface area contributed by atoms with E-state index in [1.165, 1.54) is 37.7 Å². The normalized spacial score (nSPS) is 26.6. The Balaban J connectivity index is 1.66. The molecule has 2 aliphatic rings. The third kappa shape index (κ3) is 2.45. The molecule has 2 aliphatic heterocycles. The van der Waals surface area contributed by atoms with Crippen LogP contribution in [-0.4, -0.2) is 25.8 Å². The topological polar surface area (TPSA) is 21.3 Å². The molecule has 1 unspecified atom stereocenters. The summed E-state index contributed by atoms with van der Waals surface area (Å²) >= 11 is 0. The number of hydrogen-bond acceptors (Lipinski definition) is 2. The average molecular weight is 245 g/mol. The van der Waals surface area contributed by atoms with Crippen LogP contribution in [0.2, 0.25) is 0 Å². The molecular formula is C16H23NO. The van der Waals surface area contributed by atoms with E-state index in [9.17, 15) is 0 Å². The van der Waals surface area contributed by atoms with Crippen LogP contribution in [0.1, 0.15) is 31.2 Å². The molecule has 2 heteroatoms. The van der Waals surface area contributed by atoms with Gasteiger partial charge in [0.05, 0.1) is 6.10 Å². The van der Waals surface area contributed by atoms with Gasteiger partial charge in [0.15, 0.2) is 0 Å². The van der Waals surface area contributed by atoms with E-state index in [2.05, 4.69) is 35.6 Å². The van der Waals surface area contributed by atoms with Crippen molar-refractivity contribution in [2.24, 2.45) is 5.41 Å². The number of ether oxygens (including phenoxy) is 1. The van der Waals surface area contributed by atoms with E-state index >= 15 is 0 Å². The zero-order chi connectivity index (χ0) is 12.3. The molecule has 2 saturated heterocycles. The highest BCUT2D eigenvalue weighted by molar-refractivity contribution is 5.15. The van der Waals surface area contributed by atoms with E-state index in [1.54, 1.807) is 0 Å². The van der Waals surface area contributed by atoms with Gasteiger partial charge in [0, 0.05) is 6.61 Å². The predicted molar refractivity (Wildman–Crippen MR) is 73.7 cm³/mol. The molecule has 0 aliphatic carbocycles. The molecule has 1 atom stereocenters. The Morgan fingerprint density at radius 2 is 1.89 bits per heavy atom. The summed E-state index contributed by atoms with van der Waals surface area (Å²) in [6.07, 6.45) is 6.84. The first-order valence-corrected chi connectivity index (χ1v) is 7.25. The Morgan fingerprint density at radius 3 is 2.50 bits per heavy atom. The Labute approximate surface area is 110 Å². The lowest BCUT2D eigenvalue weighted by Crippen LogP contribution is -2.50. The van der Waals surface area contributed by atoms with Gasteiger partial charge in [-0.3, -0.25) is 0 Å². The van der Waals surface area contributed by atoms with Crippen molar-refractivity contribution in [3.05, 3.63) is 35.9 Å². The monoisotopic (exact) mass is 245 g/mol. The summed E-state index contributed by atoms with van der Waals surface area (Å²) < 4.78 is 5.83. The molecule has 0 saturated carbocycles. The Morgan fingerprint density at radius 1 is 1.17 bits per heavy atom. The molecule has 1 aromatic rings. The van der Waals surface area contributed by atoms with E-state index in [4.69, 9.17) is 4.74 Å². The molecule has 0 aromatic heterocycles. The summed E-state index contributed by atoms with van der Waals surface area (Å²) in [6.45, 7) is 3.30. The zero-order valence-corrected chi connectivity index (χ0v) is 11.0. The lowest BCUT2D eigenvalue weighted by molar-refractivity contribution is -0.140. The van der Waals surface area contributed by atoms with Gasteiger partial charge in [-0.05, 0) is 56.2 Å². The SMILES string of the molecule is c1ccc(CCC2(C3CCO3)CCNCC2)cc1. The maximum atomic E-state index is 5.83. The van der Waals surface area contributed by atoms with Gasteiger partial charge in [0.1, 0.15) is 0 Å². The maximum Gasteiger partial charge on any atom is 0.0654 e. The first-order chi connectivity index (χ1) is 8.89. The molecule has 98 valence electrons. The first-order valence-electron chi connectivity index (χ1n) is 7.25. The van der Waals surface area contributed by atoms with E-state index in [-0.39, 0.29) is 0 Å². The van der Waals surface area contributed by atoms with Crippen molar-refractivity contribution < 1.29 is 4.74 Å². The molecule has 2 fully saturated rings. The summed E-state index contributed by atoms with van der Waals surface area (Å²) in [4.78, 5) is 0. The number of aryl methyl sites for hydroxylation is 1. The molecule has 3 rings (SSSR count). The van der Waals surface area contributed by atoms with Crippen LogP contribution in [0.15, 0.2) is 30.3 Å². The summed E-state index contributed by atoms with van der Waals surface area (Å²) in [7, 11) is 0. The summed E-state index contributed by atoms with van der Waals surface area (Å²) in [5.41, 5.74) is 1.91. The van der Waals surface area contributed by atoms with Gasteiger partial charge in [-0.25, -0.2) is 0 Å². The van der Waals surface area contributed by atoms with Crippen molar-refractivity contribution in [3.63, 3.8) is 0 Å². The lowest BCUT2D eigenvalue weighted by Gasteiger charge is -2.48. The van der Waals surface area contributed by atoms with Gasteiger partial charge >= 0.3 is 0 Å². The number of rotatable bonds is 4. The maximum absolute atomic E-state index is 5.83. The molecule has 0 radical (unpaired) electrons. The van der Waals surface area contributed by atoms with E-state index < -0.39 is 0 Å². The van der Waals surface area contributed by atoms with Gasteiger partial charge in [-0.15, -0.1) is 0 Å². The van der Waals surface area contributed by atoms with Crippen molar-refractivity contribution in [2.75, 3.05) is 19.7 Å². The van der Waals surface area contributed by atoms with E-state index in [0.717, 1.165) is 19.7 Å². The number of nitrogens with one attached hydrogen (secondary N) is 1. The van der Waals surface area contributed by atoms with Crippen molar-refractivity contribution in [1.82, 2.24) is 5.32 Å². The number of hydrogen-bond donors (Lipinski definition) is 1. The predicted octanol–water partition coefficient (Wildman–Crippen LogP) is 2.78. The minimum atomic E-state index is 0.444. The molecule has 0 spiro atoms. The van der Waals surface area contributed by atoms with Crippen LogP contribution in [0, 0.1) is 5.41 Å². The average Bonchev–Trinajstić information content (AvgIpc) is 2.37. The van der Waals surface area contributed by atoms with Crippen LogP contribution in [0.4, 0.5) is 0 Å². The van der Waals surface area contributed by atoms with Crippen molar-refractivity contribution in [3.8, 4) is 0 Å². The molecule has 2 nitrogen and oxygen atoms in total. The van der Waals surface area contributed by atoms with Gasteiger partial charge < -0.3 is 10.1 Å². The standard InChI is InChI=1S/C16H23NO/c1-2-4-14(5-3-1)6-8-16(15-7-13-18-15)9-11-17-12-10-16/h1-5,15,17H,6-13H2. The zero-order valence-electron chi connectivity index (χ0n) is 11.0. The molecule has 2 heterocycles. The Kier molecular flexibility index (Phi) is 3.67. The summed E-state index contributed by atoms with van der Waals surface area (Å²) in [5, 5.41) is 3.49. The largest absolute Gasteiger partial charge is 0.377 e. The quantitative estimate of drug-likeness (QED) is 0.880. The number of benzene rings is 1. The van der Waals surface area contributed by atoms with Crippen molar-refractivity contribution in [2.45, 2.75) is 38.2 Å². The fraction of sp³-hybridized carbons (Fsp3) is 0.625. The highest BCUT2D eigenvalue weighted by Crippen LogP contribution is 2.43. The molecule has 1 aromatic carbocycles. The Bertz CT molecular complexity index is 366. The van der Waals surface area contributed by atoms with Crippen LogP contribution in [0.25, 0.3) is 0 Å².